The maximum atomic E-state index is 7.65. The summed E-state index contributed by atoms with van der Waals surface area (Å²) in [6, 6.07) is 21.7. The number of unbranched alkanes of at least 4 members (excludes halogenated alkanes) is 1. The molecule has 56 heavy (non-hydrogen) atoms. The van der Waals surface area contributed by atoms with Crippen LogP contribution in [0.2, 0.25) is 54.4 Å². The molecule has 5 rings (SSSR count). The Bertz CT molecular complexity index is 1230. The summed E-state index contributed by atoms with van der Waals surface area (Å²) in [6.45, 7) is 28.4. The van der Waals surface area contributed by atoms with E-state index in [9.17, 15) is 0 Å². The Balaban J connectivity index is 1.62. The van der Waals surface area contributed by atoms with Gasteiger partial charge in [0.2, 0.25) is 0 Å². The van der Waals surface area contributed by atoms with Crippen molar-refractivity contribution in [3.8, 4) is 0 Å². The average Bonchev–Trinajstić information content (AvgIpc) is 3.57. The molecule has 2 bridgehead atoms. The quantitative estimate of drug-likeness (QED) is 0.0500. The van der Waals surface area contributed by atoms with Crippen LogP contribution in [-0.2, 0) is 33.9 Å². The lowest BCUT2D eigenvalue weighted by molar-refractivity contribution is -0.467. The van der Waals surface area contributed by atoms with Gasteiger partial charge in [-0.05, 0) is 123 Å². The smallest absolute Gasteiger partial charge is 0.282 e. The second kappa shape index (κ2) is 22.3. The molecule has 1 aromatic carbocycles. The normalized spacial score (nSPS) is 28.3. The molecule has 4 aliphatic rings. The van der Waals surface area contributed by atoms with E-state index < -0.39 is 30.9 Å². The van der Waals surface area contributed by atoms with Crippen LogP contribution in [0.3, 0.4) is 0 Å². The number of benzene rings is 1. The van der Waals surface area contributed by atoms with Crippen molar-refractivity contribution in [2.24, 2.45) is 23.2 Å². The summed E-state index contributed by atoms with van der Waals surface area (Å²) in [5, 5.41) is 0. The monoisotopic (exact) mass is 831 g/mol. The lowest BCUT2D eigenvalue weighted by Crippen LogP contribution is -2.58. The number of aryl methyl sites for hydroxylation is 1. The molecule has 1 aliphatic carbocycles. The van der Waals surface area contributed by atoms with E-state index in [1.807, 2.05) is 0 Å². The molecule has 3 heterocycles. The van der Waals surface area contributed by atoms with Gasteiger partial charge < -0.3 is 27.5 Å². The van der Waals surface area contributed by atoms with E-state index in [0.717, 1.165) is 71.2 Å². The van der Waals surface area contributed by atoms with Crippen molar-refractivity contribution in [3.63, 3.8) is 0 Å². The maximum Gasteiger partial charge on any atom is 0.282 e. The second-order valence-electron chi connectivity index (χ2n) is 18.5. The first kappa shape index (κ1) is 48.0. The van der Waals surface area contributed by atoms with Crippen LogP contribution in [0.1, 0.15) is 127 Å². The van der Waals surface area contributed by atoms with E-state index in [2.05, 4.69) is 119 Å². The van der Waals surface area contributed by atoms with E-state index in [0.29, 0.717) is 17.8 Å². The predicted octanol–water partition coefficient (Wildman–Crippen LogP) is 13.3. The van der Waals surface area contributed by atoms with Gasteiger partial charge in [-0.25, -0.2) is 0 Å². The first-order chi connectivity index (χ1) is 26.9. The lowest BCUT2D eigenvalue weighted by Gasteiger charge is -2.50. The summed E-state index contributed by atoms with van der Waals surface area (Å²) in [4.78, 5) is 0. The van der Waals surface area contributed by atoms with Gasteiger partial charge in [0.1, 0.15) is 0 Å². The zero-order chi connectivity index (χ0) is 40.9. The van der Waals surface area contributed by atoms with Crippen LogP contribution >= 0.6 is 0 Å². The Hall–Kier alpha value is -0.629. The lowest BCUT2D eigenvalue weighted by atomic mass is 9.78. The van der Waals surface area contributed by atoms with E-state index in [1.165, 1.54) is 60.0 Å². The van der Waals surface area contributed by atoms with Crippen LogP contribution in [0.25, 0.3) is 0 Å². The number of rotatable bonds is 27. The van der Waals surface area contributed by atoms with E-state index >= 15 is 0 Å². The largest absolute Gasteiger partial charge is 0.414 e. The molecule has 0 amide bonds. The zero-order valence-corrected chi connectivity index (χ0v) is 41.1. The third-order valence-corrected chi connectivity index (χ3v) is 29.2. The highest BCUT2D eigenvalue weighted by Crippen LogP contribution is 2.48. The van der Waals surface area contributed by atoms with Crippen molar-refractivity contribution in [1.82, 2.24) is 0 Å². The highest BCUT2D eigenvalue weighted by molar-refractivity contribution is 6.74. The molecule has 6 atom stereocenters. The van der Waals surface area contributed by atoms with Gasteiger partial charge in [-0.15, -0.1) is 0 Å². The molecular weight excluding hydrogens is 745 g/mol. The van der Waals surface area contributed by atoms with Crippen molar-refractivity contribution in [1.29, 1.82) is 0 Å². The number of hydrogen-bond acceptors (Lipinski definition) is 6. The minimum Gasteiger partial charge on any atom is -0.414 e. The molecule has 322 valence electrons. The molecule has 1 unspecified atom stereocenters. The van der Waals surface area contributed by atoms with Crippen molar-refractivity contribution < 1.29 is 27.5 Å². The van der Waals surface area contributed by atoms with Crippen LogP contribution in [0.15, 0.2) is 42.5 Å². The summed E-state index contributed by atoms with van der Waals surface area (Å²) >= 11 is 0. The van der Waals surface area contributed by atoms with Crippen molar-refractivity contribution in [3.05, 3.63) is 48.0 Å². The van der Waals surface area contributed by atoms with Gasteiger partial charge in [-0.1, -0.05) is 119 Å². The topological polar surface area (TPSA) is 55.4 Å². The Morgan fingerprint density at radius 2 is 1.23 bits per heavy atom. The van der Waals surface area contributed by atoms with Crippen LogP contribution in [0.4, 0.5) is 0 Å². The Morgan fingerprint density at radius 1 is 0.714 bits per heavy atom. The molecule has 0 radical (unpaired) electrons. The first-order valence-electron chi connectivity index (χ1n) is 23.5. The Labute approximate surface area is 348 Å². The van der Waals surface area contributed by atoms with Crippen molar-refractivity contribution in [2.45, 2.75) is 206 Å². The van der Waals surface area contributed by atoms with Crippen LogP contribution in [-0.4, -0.2) is 69.1 Å². The van der Waals surface area contributed by atoms with Gasteiger partial charge in [0.15, 0.2) is 25.0 Å². The summed E-state index contributed by atoms with van der Waals surface area (Å²) in [6.07, 6.45) is 13.7. The zero-order valence-electron chi connectivity index (χ0n) is 38.1. The summed E-state index contributed by atoms with van der Waals surface area (Å²) < 4.78 is 41.0. The van der Waals surface area contributed by atoms with E-state index in [-0.39, 0.29) is 23.7 Å². The van der Waals surface area contributed by atoms with Gasteiger partial charge in [0, 0.05) is 17.9 Å². The molecule has 0 N–H and O–H groups in total. The maximum absolute atomic E-state index is 7.65. The molecule has 3 aliphatic heterocycles. The van der Waals surface area contributed by atoms with Crippen molar-refractivity contribution in [2.75, 3.05) is 19.8 Å². The van der Waals surface area contributed by atoms with Gasteiger partial charge in [0.05, 0.1) is 32.0 Å². The van der Waals surface area contributed by atoms with Gasteiger partial charge in [0.25, 0.3) is 5.97 Å². The Kier molecular flexibility index (Phi) is 19.1. The van der Waals surface area contributed by atoms with Crippen LogP contribution < -0.4 is 0 Å². The minimum absolute atomic E-state index is 0.000783. The molecule has 9 heteroatoms. The molecular formula is C47H86O6Si3. The first-order valence-corrected chi connectivity index (χ1v) is 31.1. The van der Waals surface area contributed by atoms with Crippen LogP contribution in [0.5, 0.6) is 0 Å². The van der Waals surface area contributed by atoms with E-state index in [1.54, 1.807) is 0 Å². The molecule has 1 saturated carbocycles. The molecule has 0 aromatic heterocycles. The summed E-state index contributed by atoms with van der Waals surface area (Å²) in [5.41, 5.74) is 1.42. The molecule has 6 nitrogen and oxygen atoms in total. The predicted molar refractivity (Wildman–Crippen MR) is 243 cm³/mol. The van der Waals surface area contributed by atoms with Crippen molar-refractivity contribution >= 4 is 25.0 Å². The highest BCUT2D eigenvalue weighted by atomic mass is 28.4. The van der Waals surface area contributed by atoms with Gasteiger partial charge in [-0.3, -0.25) is 0 Å². The summed E-state index contributed by atoms with van der Waals surface area (Å²) in [7, 11) is -5.53. The fourth-order valence-electron chi connectivity index (χ4n) is 10.3. The Morgan fingerprint density at radius 3 is 1.75 bits per heavy atom. The third kappa shape index (κ3) is 12.2. The fraction of sp³-hybridized carbons (Fsp3) is 0.830. The standard InChI is InChI=1S/C47H86O6Si3/c1-12-54(13-2,14-3)51-41(32-31-40-28-24-23-25-29-40)34-39(10)45-42(30-26-21-22-27-33-47-48-36-46(11,37-49-47)38-50-47)43(52-55(15-4,16-5)17-6)35-44(45)53-56(18-7,19-8)20-9/h21,23-26,28-29,39,41-45H,12-20,22,27,30-38H2,1-11H3/b26-21-/t39?,41-,42-,43-,44+,45+,46?,47?/m0/s1. The highest BCUT2D eigenvalue weighted by Gasteiger charge is 2.52. The number of fused-ring (bicyclic) bond motifs is 3. The molecule has 4 fully saturated rings. The molecule has 0 spiro atoms. The van der Waals surface area contributed by atoms with E-state index in [4.69, 9.17) is 27.5 Å². The number of allylic oxidation sites excluding steroid dienone is 2. The second-order valence-corrected chi connectivity index (χ2v) is 32.6. The van der Waals surface area contributed by atoms with Crippen LogP contribution in [0, 0.1) is 23.2 Å². The molecule has 1 aromatic rings. The minimum atomic E-state index is -1.87. The fourth-order valence-corrected chi connectivity index (χ4v) is 19.1. The number of ether oxygens (including phenoxy) is 3. The third-order valence-electron chi connectivity index (χ3n) is 15.1. The van der Waals surface area contributed by atoms with Gasteiger partial charge in [-0.2, -0.15) is 0 Å². The average molecular weight is 831 g/mol. The molecule has 3 saturated heterocycles. The number of hydrogen-bond donors (Lipinski definition) is 0. The SMILES string of the molecule is CC[Si](CC)(CC)O[C@@H](CCc1ccccc1)CC(C)[C@@H]1[C@@H](C/C=C\CCCC23OCC(C)(CO2)CO3)[C@@H](O[Si](CC)(CC)CC)C[C@H]1O[Si](CC)(CC)CC. The van der Waals surface area contributed by atoms with Gasteiger partial charge >= 0.3 is 0 Å². The summed E-state index contributed by atoms with van der Waals surface area (Å²) in [5.74, 6) is 0.506.